The van der Waals surface area contributed by atoms with Crippen LogP contribution in [0.25, 0.3) is 0 Å². The highest BCUT2D eigenvalue weighted by atomic mass is 19.1. The van der Waals surface area contributed by atoms with Gasteiger partial charge in [0.25, 0.3) is 5.91 Å². The summed E-state index contributed by atoms with van der Waals surface area (Å²) < 4.78 is 13.1. The van der Waals surface area contributed by atoms with Gasteiger partial charge >= 0.3 is 0 Å². The van der Waals surface area contributed by atoms with E-state index in [0.717, 1.165) is 32.2 Å². The number of aliphatic hydroxyl groups is 1. The van der Waals surface area contributed by atoms with Crippen molar-refractivity contribution in [2.45, 2.75) is 6.10 Å². The Labute approximate surface area is 130 Å². The maximum atomic E-state index is 13.1. The summed E-state index contributed by atoms with van der Waals surface area (Å²) in [5.74, 6) is -1.00. The fourth-order valence-electron chi connectivity index (χ4n) is 2.54. The molecule has 0 bridgehead atoms. The lowest BCUT2D eigenvalue weighted by Crippen LogP contribution is -2.49. The Morgan fingerprint density at radius 2 is 2.14 bits per heavy atom. The molecule has 22 heavy (non-hydrogen) atoms. The van der Waals surface area contributed by atoms with E-state index >= 15 is 0 Å². The maximum Gasteiger partial charge on any atom is 0.253 e. The summed E-state index contributed by atoms with van der Waals surface area (Å²) in [6, 6.07) is 2.57. The smallest absolute Gasteiger partial charge is 0.253 e. The molecule has 1 fully saturated rings. The van der Waals surface area contributed by atoms with Crippen LogP contribution in [-0.2, 0) is 0 Å². The molecule has 0 saturated carbocycles. The number of hydrogen-bond acceptors (Lipinski definition) is 5. The topological polar surface area (TPSA) is 59.9 Å². The van der Waals surface area contributed by atoms with Crippen molar-refractivity contribution in [2.75, 3.05) is 53.4 Å². The maximum absolute atomic E-state index is 13.1. The van der Waals surface area contributed by atoms with Gasteiger partial charge in [-0.3, -0.25) is 9.69 Å². The average molecular weight is 310 g/mol. The zero-order valence-electron chi connectivity index (χ0n) is 13.1. The van der Waals surface area contributed by atoms with Crippen LogP contribution in [0.2, 0.25) is 0 Å². The lowest BCUT2D eigenvalue weighted by atomic mass is 10.2. The second-order valence-corrected chi connectivity index (χ2v) is 5.81. The normalized spacial score (nSPS) is 18.2. The number of β-amino-alcohol motifs (C(OH)–C–C–N with tert-alkyl or cyclic N) is 1. The SMILES string of the molecule is CN1CCN(CC(O)CN(C)C(=O)c2ccnc(F)c2)CC1. The van der Waals surface area contributed by atoms with Crippen molar-refractivity contribution in [3.63, 3.8) is 0 Å². The lowest BCUT2D eigenvalue weighted by molar-refractivity contribution is 0.0501. The first-order valence-electron chi connectivity index (χ1n) is 7.41. The quantitative estimate of drug-likeness (QED) is 0.770. The molecule has 7 heteroatoms. The Hall–Kier alpha value is -1.57. The third-order valence-corrected chi connectivity index (χ3v) is 3.87. The third-order valence-electron chi connectivity index (χ3n) is 3.87. The number of hydrogen-bond donors (Lipinski definition) is 1. The number of nitrogens with zero attached hydrogens (tertiary/aromatic N) is 4. The van der Waals surface area contributed by atoms with E-state index in [0.29, 0.717) is 6.54 Å². The lowest BCUT2D eigenvalue weighted by Gasteiger charge is -2.34. The molecule has 1 aromatic rings. The summed E-state index contributed by atoms with van der Waals surface area (Å²) in [5.41, 5.74) is 0.238. The van der Waals surface area contributed by atoms with E-state index in [4.69, 9.17) is 0 Å². The van der Waals surface area contributed by atoms with Gasteiger partial charge in [0.15, 0.2) is 0 Å². The molecule has 1 amide bonds. The van der Waals surface area contributed by atoms with Gasteiger partial charge in [-0.25, -0.2) is 4.98 Å². The van der Waals surface area contributed by atoms with Crippen LogP contribution in [-0.4, -0.2) is 90.2 Å². The summed E-state index contributed by atoms with van der Waals surface area (Å²) in [6.07, 6.45) is 0.640. The molecule has 1 atom stereocenters. The van der Waals surface area contributed by atoms with Crippen LogP contribution in [0, 0.1) is 5.95 Å². The van der Waals surface area contributed by atoms with Crippen LogP contribution >= 0.6 is 0 Å². The number of carbonyl (C=O) groups is 1. The average Bonchev–Trinajstić information content (AvgIpc) is 2.48. The van der Waals surface area contributed by atoms with Crippen molar-refractivity contribution in [1.82, 2.24) is 19.7 Å². The highest BCUT2D eigenvalue weighted by Gasteiger charge is 2.20. The van der Waals surface area contributed by atoms with Crippen LogP contribution in [0.4, 0.5) is 4.39 Å². The van der Waals surface area contributed by atoms with E-state index in [-0.39, 0.29) is 18.0 Å². The van der Waals surface area contributed by atoms with E-state index in [2.05, 4.69) is 21.8 Å². The molecular formula is C15H23FN4O2. The molecule has 0 aromatic carbocycles. The van der Waals surface area contributed by atoms with Crippen molar-refractivity contribution < 1.29 is 14.3 Å². The van der Waals surface area contributed by atoms with Crippen LogP contribution in [0.15, 0.2) is 18.3 Å². The molecule has 1 aliphatic rings. The minimum absolute atomic E-state index is 0.217. The Morgan fingerprint density at radius 1 is 1.45 bits per heavy atom. The first kappa shape index (κ1) is 16.8. The molecule has 0 radical (unpaired) electrons. The van der Waals surface area contributed by atoms with Gasteiger partial charge in [-0.05, 0) is 13.1 Å². The molecule has 0 spiro atoms. The van der Waals surface area contributed by atoms with Crippen molar-refractivity contribution in [2.24, 2.45) is 0 Å². The highest BCUT2D eigenvalue weighted by molar-refractivity contribution is 5.93. The fourth-order valence-corrected chi connectivity index (χ4v) is 2.54. The number of likely N-dealkylation sites (N-methyl/N-ethyl adjacent to an activating group) is 2. The molecule has 1 aromatic heterocycles. The van der Waals surface area contributed by atoms with Crippen molar-refractivity contribution in [3.05, 3.63) is 29.8 Å². The van der Waals surface area contributed by atoms with Crippen molar-refractivity contribution in [3.8, 4) is 0 Å². The van der Waals surface area contributed by atoms with Gasteiger partial charge in [-0.2, -0.15) is 4.39 Å². The zero-order valence-corrected chi connectivity index (χ0v) is 13.1. The number of pyridine rings is 1. The Balaban J connectivity index is 1.83. The number of halogens is 1. The molecule has 1 N–H and O–H groups in total. The van der Waals surface area contributed by atoms with Gasteiger partial charge in [0, 0.05) is 64.1 Å². The van der Waals surface area contributed by atoms with Gasteiger partial charge in [0.05, 0.1) is 6.10 Å². The molecule has 2 rings (SSSR count). The highest BCUT2D eigenvalue weighted by Crippen LogP contribution is 2.06. The standard InChI is InChI=1S/C15H23FN4O2/c1-18-5-7-20(8-6-18)11-13(21)10-19(2)15(22)12-3-4-17-14(16)9-12/h3-4,9,13,21H,5-8,10-11H2,1-2H3. The molecular weight excluding hydrogens is 287 g/mol. The minimum atomic E-state index is -0.683. The molecule has 2 heterocycles. The second-order valence-electron chi connectivity index (χ2n) is 5.81. The second kappa shape index (κ2) is 7.62. The van der Waals surface area contributed by atoms with E-state index in [9.17, 15) is 14.3 Å². The number of aromatic nitrogens is 1. The summed E-state index contributed by atoms with van der Waals surface area (Å²) in [6.45, 7) is 4.56. The van der Waals surface area contributed by atoms with Crippen LogP contribution in [0.5, 0.6) is 0 Å². The Bertz CT molecular complexity index is 506. The predicted octanol–water partition coefficient (Wildman–Crippen LogP) is -0.0990. The van der Waals surface area contributed by atoms with Crippen LogP contribution in [0.3, 0.4) is 0 Å². The van der Waals surface area contributed by atoms with Crippen LogP contribution < -0.4 is 0 Å². The minimum Gasteiger partial charge on any atom is -0.390 e. The first-order chi connectivity index (χ1) is 10.5. The monoisotopic (exact) mass is 310 g/mol. The van der Waals surface area contributed by atoms with Gasteiger partial charge < -0.3 is 14.9 Å². The number of amides is 1. The molecule has 1 aliphatic heterocycles. The number of rotatable bonds is 5. The van der Waals surface area contributed by atoms with Crippen molar-refractivity contribution >= 4 is 5.91 Å². The summed E-state index contributed by atoms with van der Waals surface area (Å²) >= 11 is 0. The molecule has 122 valence electrons. The zero-order chi connectivity index (χ0) is 16.1. The van der Waals surface area contributed by atoms with Gasteiger partial charge in [-0.15, -0.1) is 0 Å². The number of aliphatic hydroxyl groups excluding tert-OH is 1. The van der Waals surface area contributed by atoms with E-state index in [1.165, 1.54) is 17.2 Å². The van der Waals surface area contributed by atoms with E-state index in [1.807, 2.05) is 0 Å². The molecule has 6 nitrogen and oxygen atoms in total. The fraction of sp³-hybridized carbons (Fsp3) is 0.600. The first-order valence-corrected chi connectivity index (χ1v) is 7.41. The summed E-state index contributed by atoms with van der Waals surface area (Å²) in [7, 11) is 3.68. The summed E-state index contributed by atoms with van der Waals surface area (Å²) in [4.78, 5) is 21.4. The third kappa shape index (κ3) is 4.72. The van der Waals surface area contributed by atoms with Gasteiger partial charge in [0.2, 0.25) is 5.95 Å². The number of carbonyl (C=O) groups excluding carboxylic acids is 1. The van der Waals surface area contributed by atoms with E-state index < -0.39 is 12.1 Å². The molecule has 1 saturated heterocycles. The van der Waals surface area contributed by atoms with Gasteiger partial charge in [-0.1, -0.05) is 0 Å². The Kier molecular flexibility index (Phi) is 5.82. The predicted molar refractivity (Wildman–Crippen MR) is 81.1 cm³/mol. The van der Waals surface area contributed by atoms with Crippen molar-refractivity contribution in [1.29, 1.82) is 0 Å². The van der Waals surface area contributed by atoms with Crippen LogP contribution in [0.1, 0.15) is 10.4 Å². The van der Waals surface area contributed by atoms with E-state index in [1.54, 1.807) is 7.05 Å². The number of piperazine rings is 1. The summed E-state index contributed by atoms with van der Waals surface area (Å²) in [5, 5.41) is 10.2. The largest absolute Gasteiger partial charge is 0.390 e. The molecule has 1 unspecified atom stereocenters. The Morgan fingerprint density at radius 3 is 2.77 bits per heavy atom. The van der Waals surface area contributed by atoms with Gasteiger partial charge in [0.1, 0.15) is 0 Å². The molecule has 0 aliphatic carbocycles.